The Kier molecular flexibility index (Phi) is 5.25. The van der Waals surface area contributed by atoms with Crippen molar-refractivity contribution in [3.8, 4) is 0 Å². The van der Waals surface area contributed by atoms with Crippen molar-refractivity contribution in [3.63, 3.8) is 0 Å². The van der Waals surface area contributed by atoms with Gasteiger partial charge in [0.05, 0.1) is 12.0 Å². The highest BCUT2D eigenvalue weighted by Gasteiger charge is 2.30. The van der Waals surface area contributed by atoms with Crippen molar-refractivity contribution in [2.75, 3.05) is 18.4 Å². The Balaban J connectivity index is 1.62. The van der Waals surface area contributed by atoms with Crippen molar-refractivity contribution in [1.29, 1.82) is 0 Å². The Labute approximate surface area is 142 Å². The van der Waals surface area contributed by atoms with Gasteiger partial charge < -0.3 is 9.84 Å². The predicted molar refractivity (Wildman–Crippen MR) is 91.5 cm³/mol. The molecule has 0 aliphatic carbocycles. The molecule has 6 heteroatoms. The molecule has 1 aliphatic heterocycles. The summed E-state index contributed by atoms with van der Waals surface area (Å²) in [5, 5.41) is 6.98. The van der Waals surface area contributed by atoms with Gasteiger partial charge in [0.15, 0.2) is 5.82 Å². The quantitative estimate of drug-likeness (QED) is 0.913. The molecule has 0 saturated carbocycles. The zero-order valence-electron chi connectivity index (χ0n) is 14.2. The van der Waals surface area contributed by atoms with Gasteiger partial charge in [-0.2, -0.15) is 4.98 Å². The molecule has 0 bridgehead atoms. The topological polar surface area (TPSA) is 71.3 Å². The average molecular weight is 328 g/mol. The third kappa shape index (κ3) is 3.82. The molecule has 128 valence electrons. The summed E-state index contributed by atoms with van der Waals surface area (Å²) in [5.74, 6) is 1.43. The molecule has 1 saturated heterocycles. The van der Waals surface area contributed by atoms with Gasteiger partial charge in [0.2, 0.25) is 11.8 Å². The molecule has 1 N–H and O–H groups in total. The molecule has 2 atom stereocenters. The zero-order chi connectivity index (χ0) is 16.9. The van der Waals surface area contributed by atoms with Gasteiger partial charge in [0.1, 0.15) is 0 Å². The van der Waals surface area contributed by atoms with Crippen LogP contribution in [0.5, 0.6) is 0 Å². The van der Waals surface area contributed by atoms with Gasteiger partial charge in [0, 0.05) is 18.7 Å². The fraction of sp³-hybridized carbons (Fsp3) is 0.500. The molecule has 0 spiro atoms. The molecule has 3 rings (SSSR count). The Morgan fingerprint density at radius 2 is 2.21 bits per heavy atom. The molecule has 24 heavy (non-hydrogen) atoms. The number of carbonyl (C=O) groups excluding carboxylic acids is 1. The van der Waals surface area contributed by atoms with E-state index in [1.807, 2.05) is 37.3 Å². The first-order valence-corrected chi connectivity index (χ1v) is 8.59. The van der Waals surface area contributed by atoms with Gasteiger partial charge >= 0.3 is 0 Å². The molecule has 1 aromatic carbocycles. The van der Waals surface area contributed by atoms with Crippen molar-refractivity contribution in [1.82, 2.24) is 15.0 Å². The van der Waals surface area contributed by atoms with Crippen LogP contribution in [0.15, 0.2) is 34.9 Å². The number of hydrogen-bond acceptors (Lipinski definition) is 5. The molecule has 2 aromatic rings. The highest BCUT2D eigenvalue weighted by Crippen LogP contribution is 2.26. The van der Waals surface area contributed by atoms with Crippen molar-refractivity contribution in [3.05, 3.63) is 42.0 Å². The first-order chi connectivity index (χ1) is 11.7. The maximum absolute atomic E-state index is 12.5. The van der Waals surface area contributed by atoms with E-state index in [0.717, 1.165) is 37.3 Å². The molecule has 1 fully saturated rings. The number of nitrogens with one attached hydrogen (secondary N) is 1. The number of amides is 1. The second kappa shape index (κ2) is 7.57. The van der Waals surface area contributed by atoms with Crippen LogP contribution in [0, 0.1) is 5.92 Å². The number of aromatic nitrogens is 2. The summed E-state index contributed by atoms with van der Waals surface area (Å²) in [7, 11) is 0. The van der Waals surface area contributed by atoms with E-state index >= 15 is 0 Å². The summed E-state index contributed by atoms with van der Waals surface area (Å²) in [6.07, 6.45) is 2.66. The summed E-state index contributed by atoms with van der Waals surface area (Å²) in [6.45, 7) is 5.72. The Bertz CT molecular complexity index is 671. The van der Waals surface area contributed by atoms with Gasteiger partial charge in [-0.1, -0.05) is 30.3 Å². The minimum atomic E-state index is -0.0185. The first-order valence-electron chi connectivity index (χ1n) is 8.59. The van der Waals surface area contributed by atoms with Crippen LogP contribution >= 0.6 is 0 Å². The Hall–Kier alpha value is -2.21. The van der Waals surface area contributed by atoms with E-state index in [4.69, 9.17) is 4.52 Å². The maximum Gasteiger partial charge on any atom is 0.243 e. The van der Waals surface area contributed by atoms with Gasteiger partial charge in [0.25, 0.3) is 0 Å². The fourth-order valence-electron chi connectivity index (χ4n) is 3.07. The third-order valence-corrected chi connectivity index (χ3v) is 4.57. The molecule has 1 aliphatic rings. The Morgan fingerprint density at radius 1 is 1.42 bits per heavy atom. The van der Waals surface area contributed by atoms with E-state index in [9.17, 15) is 4.79 Å². The van der Waals surface area contributed by atoms with Gasteiger partial charge in [-0.3, -0.25) is 9.69 Å². The molecule has 0 unspecified atom stereocenters. The van der Waals surface area contributed by atoms with Gasteiger partial charge in [-0.05, 0) is 38.4 Å². The largest absolute Gasteiger partial charge is 0.338 e. The molecule has 0 radical (unpaired) electrons. The number of likely N-dealkylation sites (tertiary alicyclic amines) is 1. The van der Waals surface area contributed by atoms with Crippen LogP contribution in [0.1, 0.15) is 44.4 Å². The van der Waals surface area contributed by atoms with E-state index in [-0.39, 0.29) is 17.9 Å². The summed E-state index contributed by atoms with van der Waals surface area (Å²) >= 11 is 0. The number of anilines is 1. The minimum absolute atomic E-state index is 0.0185. The van der Waals surface area contributed by atoms with E-state index in [0.29, 0.717) is 12.4 Å². The van der Waals surface area contributed by atoms with Crippen LogP contribution in [0.4, 0.5) is 5.69 Å². The van der Waals surface area contributed by atoms with E-state index in [1.54, 1.807) is 0 Å². The van der Waals surface area contributed by atoms with Gasteiger partial charge in [-0.15, -0.1) is 0 Å². The maximum atomic E-state index is 12.5. The van der Waals surface area contributed by atoms with Crippen LogP contribution in [0.3, 0.4) is 0 Å². The fourth-order valence-corrected chi connectivity index (χ4v) is 3.07. The summed E-state index contributed by atoms with van der Waals surface area (Å²) in [5.41, 5.74) is 0.845. The number of hydrogen-bond donors (Lipinski definition) is 1. The minimum Gasteiger partial charge on any atom is -0.338 e. The average Bonchev–Trinajstić information content (AvgIpc) is 3.11. The summed E-state index contributed by atoms with van der Waals surface area (Å²) in [4.78, 5) is 19.2. The molecule has 1 amide bonds. The van der Waals surface area contributed by atoms with E-state index in [1.165, 1.54) is 0 Å². The van der Waals surface area contributed by atoms with Crippen LogP contribution in [-0.2, 0) is 11.2 Å². The molecule has 6 nitrogen and oxygen atoms in total. The number of aryl methyl sites for hydroxylation is 1. The number of nitrogens with zero attached hydrogens (tertiary/aromatic N) is 3. The Morgan fingerprint density at radius 3 is 2.92 bits per heavy atom. The monoisotopic (exact) mass is 328 g/mol. The van der Waals surface area contributed by atoms with Crippen molar-refractivity contribution in [2.45, 2.75) is 39.2 Å². The SMILES string of the molecule is CCc1noc([C@@H](C)N2CCC[C@@H](C(=O)Nc3ccccc3)C2)n1. The lowest BCUT2D eigenvalue weighted by atomic mass is 9.96. The highest BCUT2D eigenvalue weighted by atomic mass is 16.5. The molecule has 1 aromatic heterocycles. The number of piperidine rings is 1. The number of para-hydroxylation sites is 1. The second-order valence-corrected chi connectivity index (χ2v) is 6.27. The highest BCUT2D eigenvalue weighted by molar-refractivity contribution is 5.92. The van der Waals surface area contributed by atoms with Crippen LogP contribution < -0.4 is 5.32 Å². The lowest BCUT2D eigenvalue weighted by Gasteiger charge is -2.34. The number of carbonyl (C=O) groups is 1. The van der Waals surface area contributed by atoms with E-state index in [2.05, 4.69) is 27.3 Å². The standard InChI is InChI=1S/C18H24N4O2/c1-3-16-20-18(24-21-16)13(2)22-11-7-8-14(12-22)17(23)19-15-9-5-4-6-10-15/h4-6,9-10,13-14H,3,7-8,11-12H2,1-2H3,(H,19,23)/t13-,14-/m1/s1. The molecular weight excluding hydrogens is 304 g/mol. The summed E-state index contributed by atoms with van der Waals surface area (Å²) in [6, 6.07) is 9.63. The smallest absolute Gasteiger partial charge is 0.243 e. The number of benzene rings is 1. The van der Waals surface area contributed by atoms with Crippen LogP contribution in [-0.4, -0.2) is 34.0 Å². The van der Waals surface area contributed by atoms with Crippen molar-refractivity contribution in [2.24, 2.45) is 5.92 Å². The number of rotatable bonds is 5. The predicted octanol–water partition coefficient (Wildman–Crippen LogP) is 3.04. The van der Waals surface area contributed by atoms with Crippen LogP contribution in [0.25, 0.3) is 0 Å². The second-order valence-electron chi connectivity index (χ2n) is 6.27. The van der Waals surface area contributed by atoms with Gasteiger partial charge in [-0.25, -0.2) is 0 Å². The lowest BCUT2D eigenvalue weighted by molar-refractivity contribution is -0.121. The lowest BCUT2D eigenvalue weighted by Crippen LogP contribution is -2.41. The summed E-state index contributed by atoms with van der Waals surface area (Å²) < 4.78 is 5.36. The zero-order valence-corrected chi connectivity index (χ0v) is 14.2. The van der Waals surface area contributed by atoms with Crippen LogP contribution in [0.2, 0.25) is 0 Å². The first kappa shape index (κ1) is 16.6. The molecule has 2 heterocycles. The van der Waals surface area contributed by atoms with Crippen molar-refractivity contribution < 1.29 is 9.32 Å². The molecular formula is C18H24N4O2. The normalized spacial score (nSPS) is 19.8. The third-order valence-electron chi connectivity index (χ3n) is 4.57. The van der Waals surface area contributed by atoms with E-state index < -0.39 is 0 Å². The van der Waals surface area contributed by atoms with Crippen molar-refractivity contribution >= 4 is 11.6 Å².